The Balaban J connectivity index is 1.86. The first-order valence-corrected chi connectivity index (χ1v) is 7.10. The molecule has 0 heterocycles. The summed E-state index contributed by atoms with van der Waals surface area (Å²) in [4.78, 5) is 22.9. The van der Waals surface area contributed by atoms with Gasteiger partial charge in [0.1, 0.15) is 5.82 Å². The zero-order chi connectivity index (χ0) is 15.2. The molecular formula is C15H19FN2O3. The van der Waals surface area contributed by atoms with Crippen molar-refractivity contribution in [2.45, 2.75) is 25.7 Å². The molecule has 1 aromatic rings. The number of carboxylic acids is 1. The van der Waals surface area contributed by atoms with Gasteiger partial charge in [0.2, 0.25) is 0 Å². The van der Waals surface area contributed by atoms with Gasteiger partial charge in [-0.3, -0.25) is 4.79 Å². The van der Waals surface area contributed by atoms with Gasteiger partial charge in [-0.2, -0.15) is 0 Å². The lowest BCUT2D eigenvalue weighted by molar-refractivity contribution is -0.144. The van der Waals surface area contributed by atoms with Crippen molar-refractivity contribution in [3.63, 3.8) is 0 Å². The molecule has 2 unspecified atom stereocenters. The number of carbonyl (C=O) groups is 2. The number of anilines is 1. The second kappa shape index (κ2) is 7.06. The van der Waals surface area contributed by atoms with E-state index in [1.807, 2.05) is 0 Å². The summed E-state index contributed by atoms with van der Waals surface area (Å²) in [6.45, 7) is 0.289. The Bertz CT molecular complexity index is 521. The van der Waals surface area contributed by atoms with Crippen LogP contribution < -0.4 is 10.6 Å². The minimum absolute atomic E-state index is 0.0670. The Kier molecular flexibility index (Phi) is 5.14. The van der Waals surface area contributed by atoms with Gasteiger partial charge < -0.3 is 15.7 Å². The lowest BCUT2D eigenvalue weighted by Gasteiger charge is -2.28. The molecule has 2 atom stereocenters. The minimum atomic E-state index is -0.809. The van der Waals surface area contributed by atoms with E-state index in [-0.39, 0.29) is 18.2 Å². The molecule has 0 aromatic heterocycles. The van der Waals surface area contributed by atoms with Crippen molar-refractivity contribution < 1.29 is 19.1 Å². The number of hydrogen-bond acceptors (Lipinski definition) is 2. The maximum absolute atomic E-state index is 13.4. The third kappa shape index (κ3) is 4.18. The first kappa shape index (κ1) is 15.3. The van der Waals surface area contributed by atoms with Gasteiger partial charge in [0.05, 0.1) is 11.6 Å². The van der Waals surface area contributed by atoms with E-state index in [0.29, 0.717) is 6.42 Å². The quantitative estimate of drug-likeness (QED) is 0.799. The number of urea groups is 1. The molecule has 0 saturated heterocycles. The van der Waals surface area contributed by atoms with Gasteiger partial charge in [-0.05, 0) is 30.9 Å². The highest BCUT2D eigenvalue weighted by atomic mass is 19.1. The van der Waals surface area contributed by atoms with E-state index in [4.69, 9.17) is 5.11 Å². The van der Waals surface area contributed by atoms with Gasteiger partial charge in [-0.1, -0.05) is 25.0 Å². The molecule has 2 rings (SSSR count). The summed E-state index contributed by atoms with van der Waals surface area (Å²) < 4.78 is 13.4. The Morgan fingerprint density at radius 3 is 2.67 bits per heavy atom. The van der Waals surface area contributed by atoms with Crippen molar-refractivity contribution in [1.82, 2.24) is 5.32 Å². The summed E-state index contributed by atoms with van der Waals surface area (Å²) in [6.07, 6.45) is 3.33. The molecule has 21 heavy (non-hydrogen) atoms. The van der Waals surface area contributed by atoms with E-state index < -0.39 is 23.7 Å². The maximum Gasteiger partial charge on any atom is 0.319 e. The molecule has 1 fully saturated rings. The number of carbonyl (C=O) groups excluding carboxylic acids is 1. The average molecular weight is 294 g/mol. The third-order valence-electron chi connectivity index (χ3n) is 3.87. The van der Waals surface area contributed by atoms with E-state index in [0.717, 1.165) is 19.3 Å². The fourth-order valence-electron chi connectivity index (χ4n) is 2.73. The molecule has 1 saturated carbocycles. The highest BCUT2D eigenvalue weighted by Gasteiger charge is 2.30. The lowest BCUT2D eigenvalue weighted by atomic mass is 9.79. The Labute approximate surface area is 122 Å². The third-order valence-corrected chi connectivity index (χ3v) is 3.87. The van der Waals surface area contributed by atoms with Crippen LogP contribution in [0.4, 0.5) is 14.9 Å². The first-order valence-electron chi connectivity index (χ1n) is 7.10. The molecule has 5 nitrogen and oxygen atoms in total. The van der Waals surface area contributed by atoms with Crippen molar-refractivity contribution in [3.8, 4) is 0 Å². The van der Waals surface area contributed by atoms with Crippen LogP contribution in [0.2, 0.25) is 0 Å². The number of nitrogens with one attached hydrogen (secondary N) is 2. The summed E-state index contributed by atoms with van der Waals surface area (Å²) in [5.74, 6) is -1.79. The zero-order valence-corrected chi connectivity index (χ0v) is 11.6. The number of rotatable bonds is 4. The molecule has 1 aliphatic rings. The van der Waals surface area contributed by atoms with Gasteiger partial charge in [-0.15, -0.1) is 0 Å². The fourth-order valence-corrected chi connectivity index (χ4v) is 2.73. The van der Waals surface area contributed by atoms with Gasteiger partial charge >= 0.3 is 12.0 Å². The number of amides is 2. The number of aliphatic carboxylic acids is 1. The van der Waals surface area contributed by atoms with Crippen LogP contribution in [0.5, 0.6) is 0 Å². The summed E-state index contributed by atoms with van der Waals surface area (Å²) in [6, 6.07) is 5.38. The Morgan fingerprint density at radius 1 is 1.24 bits per heavy atom. The van der Waals surface area contributed by atoms with Gasteiger partial charge in [0.25, 0.3) is 0 Å². The highest BCUT2D eigenvalue weighted by Crippen LogP contribution is 2.29. The van der Waals surface area contributed by atoms with Crippen molar-refractivity contribution >= 4 is 17.7 Å². The molecule has 0 spiro atoms. The van der Waals surface area contributed by atoms with E-state index in [1.165, 1.54) is 18.2 Å². The van der Waals surface area contributed by atoms with Crippen LogP contribution >= 0.6 is 0 Å². The fraction of sp³-hybridized carbons (Fsp3) is 0.467. The van der Waals surface area contributed by atoms with Crippen LogP contribution in [-0.2, 0) is 4.79 Å². The first-order chi connectivity index (χ1) is 10.1. The summed E-state index contributed by atoms with van der Waals surface area (Å²) >= 11 is 0. The zero-order valence-electron chi connectivity index (χ0n) is 11.6. The molecule has 0 radical (unpaired) electrons. The molecule has 0 bridgehead atoms. The second-order valence-electron chi connectivity index (χ2n) is 5.30. The Hall–Kier alpha value is -2.11. The van der Waals surface area contributed by atoms with Gasteiger partial charge in [0.15, 0.2) is 0 Å². The molecule has 3 N–H and O–H groups in total. The van der Waals surface area contributed by atoms with Gasteiger partial charge in [0, 0.05) is 6.54 Å². The predicted molar refractivity (Wildman–Crippen MR) is 76.5 cm³/mol. The SMILES string of the molecule is O=C(NCC1CCCCC1C(=O)O)Nc1ccccc1F. The summed E-state index contributed by atoms with van der Waals surface area (Å²) in [7, 11) is 0. The van der Waals surface area contributed by atoms with E-state index in [2.05, 4.69) is 10.6 Å². The normalized spacial score (nSPS) is 21.6. The van der Waals surface area contributed by atoms with Crippen LogP contribution in [0.25, 0.3) is 0 Å². The smallest absolute Gasteiger partial charge is 0.319 e. The van der Waals surface area contributed by atoms with Crippen LogP contribution in [0.1, 0.15) is 25.7 Å². The Morgan fingerprint density at radius 2 is 1.95 bits per heavy atom. The molecular weight excluding hydrogens is 275 g/mol. The van der Waals surface area contributed by atoms with E-state index in [9.17, 15) is 14.0 Å². The average Bonchev–Trinajstić information content (AvgIpc) is 2.48. The van der Waals surface area contributed by atoms with Crippen LogP contribution in [-0.4, -0.2) is 23.7 Å². The number of carboxylic acid groups (broad SMARTS) is 1. The van der Waals surface area contributed by atoms with E-state index >= 15 is 0 Å². The molecule has 6 heteroatoms. The molecule has 2 amide bonds. The number of para-hydroxylation sites is 1. The standard InChI is InChI=1S/C15H19FN2O3/c16-12-7-3-4-8-13(12)18-15(21)17-9-10-5-1-2-6-11(10)14(19)20/h3-4,7-8,10-11H,1-2,5-6,9H2,(H,19,20)(H2,17,18,21). The van der Waals surface area contributed by atoms with Crippen LogP contribution in [0.15, 0.2) is 24.3 Å². The highest BCUT2D eigenvalue weighted by molar-refractivity contribution is 5.89. The van der Waals surface area contributed by atoms with Crippen molar-refractivity contribution in [2.75, 3.05) is 11.9 Å². The summed E-state index contributed by atoms with van der Waals surface area (Å²) in [5, 5.41) is 14.2. The molecule has 1 aliphatic carbocycles. The minimum Gasteiger partial charge on any atom is -0.481 e. The molecule has 0 aliphatic heterocycles. The van der Waals surface area contributed by atoms with Crippen LogP contribution in [0, 0.1) is 17.7 Å². The lowest BCUT2D eigenvalue weighted by Crippen LogP contribution is -2.39. The molecule has 114 valence electrons. The number of benzene rings is 1. The summed E-state index contributed by atoms with van der Waals surface area (Å²) in [5.41, 5.74) is 0.105. The topological polar surface area (TPSA) is 78.4 Å². The number of hydrogen-bond donors (Lipinski definition) is 3. The monoisotopic (exact) mass is 294 g/mol. The van der Waals surface area contributed by atoms with Gasteiger partial charge in [-0.25, -0.2) is 9.18 Å². The van der Waals surface area contributed by atoms with E-state index in [1.54, 1.807) is 6.07 Å². The second-order valence-corrected chi connectivity index (χ2v) is 5.30. The maximum atomic E-state index is 13.4. The predicted octanol–water partition coefficient (Wildman–Crippen LogP) is 2.84. The number of halogens is 1. The van der Waals surface area contributed by atoms with Crippen LogP contribution in [0.3, 0.4) is 0 Å². The van der Waals surface area contributed by atoms with Crippen molar-refractivity contribution in [3.05, 3.63) is 30.1 Å². The van der Waals surface area contributed by atoms with Crippen molar-refractivity contribution in [2.24, 2.45) is 11.8 Å². The largest absolute Gasteiger partial charge is 0.481 e. The molecule has 1 aromatic carbocycles. The van der Waals surface area contributed by atoms with Crippen molar-refractivity contribution in [1.29, 1.82) is 0 Å².